The van der Waals surface area contributed by atoms with E-state index in [1.165, 1.54) is 96.3 Å². The summed E-state index contributed by atoms with van der Waals surface area (Å²) in [6.45, 7) is 6.49. The molecule has 0 aliphatic heterocycles. The van der Waals surface area contributed by atoms with Crippen molar-refractivity contribution in [1.29, 1.82) is 0 Å². The summed E-state index contributed by atoms with van der Waals surface area (Å²) in [4.78, 5) is 37.4. The lowest BCUT2D eigenvalue weighted by molar-refractivity contribution is -0.167. The summed E-state index contributed by atoms with van der Waals surface area (Å²) in [6.07, 6.45) is 41.7. The highest BCUT2D eigenvalue weighted by Gasteiger charge is 2.19. The molecule has 0 rings (SSSR count). The molecular formula is C44H80O6. The molecule has 0 amide bonds. The fourth-order valence-corrected chi connectivity index (χ4v) is 5.95. The molecule has 6 heteroatoms. The van der Waals surface area contributed by atoms with Crippen molar-refractivity contribution in [1.82, 2.24) is 0 Å². The number of hydrogen-bond acceptors (Lipinski definition) is 6. The van der Waals surface area contributed by atoms with Gasteiger partial charge in [0.05, 0.1) is 0 Å². The minimum atomic E-state index is -0.767. The Morgan fingerprint density at radius 3 is 1.18 bits per heavy atom. The third-order valence-electron chi connectivity index (χ3n) is 9.19. The van der Waals surface area contributed by atoms with E-state index in [4.69, 9.17) is 14.2 Å². The maximum atomic E-state index is 12.6. The molecule has 0 saturated heterocycles. The first-order valence-corrected chi connectivity index (χ1v) is 21.3. The predicted molar refractivity (Wildman–Crippen MR) is 210 cm³/mol. The molecule has 6 nitrogen and oxygen atoms in total. The first kappa shape index (κ1) is 47.9. The van der Waals surface area contributed by atoms with E-state index < -0.39 is 6.10 Å². The van der Waals surface area contributed by atoms with Crippen molar-refractivity contribution < 1.29 is 28.6 Å². The summed E-state index contributed by atoms with van der Waals surface area (Å²) in [7, 11) is 0. The molecular weight excluding hydrogens is 624 g/mol. The number of rotatable bonds is 38. The lowest BCUT2D eigenvalue weighted by atomic mass is 10.0. The second-order valence-corrected chi connectivity index (χ2v) is 14.3. The summed E-state index contributed by atoms with van der Waals surface area (Å²) < 4.78 is 16.6. The summed E-state index contributed by atoms with van der Waals surface area (Å²) >= 11 is 0. The summed E-state index contributed by atoms with van der Waals surface area (Å²) in [5.74, 6) is -0.896. The van der Waals surface area contributed by atoms with E-state index in [0.717, 1.165) is 83.5 Å². The van der Waals surface area contributed by atoms with Crippen LogP contribution in [0.25, 0.3) is 0 Å². The van der Waals surface area contributed by atoms with E-state index in [1.54, 1.807) is 0 Å². The Hall–Kier alpha value is -2.11. The number of allylic oxidation sites excluding steroid dienone is 4. The Morgan fingerprint density at radius 1 is 0.400 bits per heavy atom. The molecule has 0 saturated carbocycles. The van der Waals surface area contributed by atoms with Crippen molar-refractivity contribution in [2.24, 2.45) is 0 Å². The third kappa shape index (κ3) is 37.2. The molecule has 0 aromatic heterocycles. The van der Waals surface area contributed by atoms with Gasteiger partial charge in [-0.3, -0.25) is 14.4 Å². The van der Waals surface area contributed by atoms with Crippen molar-refractivity contribution in [2.75, 3.05) is 13.2 Å². The topological polar surface area (TPSA) is 78.9 Å². The molecule has 0 fully saturated rings. The van der Waals surface area contributed by atoms with Gasteiger partial charge in [-0.15, -0.1) is 0 Å². The molecule has 292 valence electrons. The Balaban J connectivity index is 4.30. The first-order valence-electron chi connectivity index (χ1n) is 21.3. The molecule has 1 atom stereocenters. The van der Waals surface area contributed by atoms with E-state index in [1.807, 2.05) is 0 Å². The SMILES string of the molecule is CCC/C=C\C/C=C\CCCCCCCC(=O)OCC(COC(=O)CCCCCCCC)OC(=O)CCCCCCCCCCCCCCC. The van der Waals surface area contributed by atoms with Crippen LogP contribution in [0.1, 0.15) is 220 Å². The number of esters is 3. The monoisotopic (exact) mass is 705 g/mol. The molecule has 0 N–H and O–H groups in total. The zero-order valence-electron chi connectivity index (χ0n) is 33.2. The van der Waals surface area contributed by atoms with Crippen molar-refractivity contribution in [3.8, 4) is 0 Å². The molecule has 0 aromatic carbocycles. The molecule has 0 spiro atoms. The van der Waals surface area contributed by atoms with Crippen LogP contribution in [-0.2, 0) is 28.6 Å². The van der Waals surface area contributed by atoms with Gasteiger partial charge in [0, 0.05) is 19.3 Å². The highest BCUT2D eigenvalue weighted by molar-refractivity contribution is 5.71. The number of carbonyl (C=O) groups is 3. The number of ether oxygens (including phenoxy) is 3. The van der Waals surface area contributed by atoms with Gasteiger partial charge in [0.1, 0.15) is 13.2 Å². The zero-order valence-corrected chi connectivity index (χ0v) is 33.2. The number of hydrogen-bond donors (Lipinski definition) is 0. The average Bonchev–Trinajstić information content (AvgIpc) is 3.11. The van der Waals surface area contributed by atoms with Crippen LogP contribution >= 0.6 is 0 Å². The zero-order chi connectivity index (χ0) is 36.6. The molecule has 0 aliphatic rings. The normalized spacial score (nSPS) is 12.1. The number of carbonyl (C=O) groups excluding carboxylic acids is 3. The minimum Gasteiger partial charge on any atom is -0.462 e. The quantitative estimate of drug-likeness (QED) is 0.0275. The highest BCUT2D eigenvalue weighted by Crippen LogP contribution is 2.14. The Bertz CT molecular complexity index is 819. The lowest BCUT2D eigenvalue weighted by Gasteiger charge is -2.18. The van der Waals surface area contributed by atoms with Crippen molar-refractivity contribution in [3.05, 3.63) is 24.3 Å². The standard InChI is InChI=1S/C44H80O6/c1-4-7-10-13-16-18-20-22-24-26-28-31-34-37-43(46)49-40-41(39-48-42(45)36-33-30-15-12-9-6-3)50-44(47)38-35-32-29-27-25-23-21-19-17-14-11-8-5-2/h10,13,18,20,41H,4-9,11-12,14-17,19,21-40H2,1-3H3/b13-10-,20-18-. The van der Waals surface area contributed by atoms with Crippen LogP contribution in [0, 0.1) is 0 Å². The van der Waals surface area contributed by atoms with Gasteiger partial charge in [0.15, 0.2) is 6.10 Å². The van der Waals surface area contributed by atoms with Crippen molar-refractivity contribution in [2.45, 2.75) is 226 Å². The highest BCUT2D eigenvalue weighted by atomic mass is 16.6. The fraction of sp³-hybridized carbons (Fsp3) is 0.841. The van der Waals surface area contributed by atoms with Crippen LogP contribution in [0.2, 0.25) is 0 Å². The van der Waals surface area contributed by atoms with Crippen LogP contribution in [0.15, 0.2) is 24.3 Å². The van der Waals surface area contributed by atoms with Crippen LogP contribution in [0.4, 0.5) is 0 Å². The largest absolute Gasteiger partial charge is 0.462 e. The van der Waals surface area contributed by atoms with Gasteiger partial charge in [-0.1, -0.05) is 180 Å². The molecule has 0 bridgehead atoms. The summed E-state index contributed by atoms with van der Waals surface area (Å²) in [5, 5.41) is 0. The van der Waals surface area contributed by atoms with Crippen LogP contribution in [0.3, 0.4) is 0 Å². The van der Waals surface area contributed by atoms with Crippen molar-refractivity contribution in [3.63, 3.8) is 0 Å². The third-order valence-corrected chi connectivity index (χ3v) is 9.19. The minimum absolute atomic E-state index is 0.0736. The predicted octanol–water partition coefficient (Wildman–Crippen LogP) is 13.2. The van der Waals surface area contributed by atoms with Gasteiger partial charge in [0.25, 0.3) is 0 Å². The first-order chi connectivity index (χ1) is 24.5. The molecule has 0 heterocycles. The van der Waals surface area contributed by atoms with Gasteiger partial charge >= 0.3 is 17.9 Å². The van der Waals surface area contributed by atoms with E-state index in [-0.39, 0.29) is 31.1 Å². The maximum absolute atomic E-state index is 12.6. The van der Waals surface area contributed by atoms with E-state index >= 15 is 0 Å². The molecule has 0 aromatic rings. The summed E-state index contributed by atoms with van der Waals surface area (Å²) in [6, 6.07) is 0. The number of unbranched alkanes of at least 4 members (excludes halogenated alkanes) is 23. The molecule has 1 unspecified atom stereocenters. The Morgan fingerprint density at radius 2 is 0.760 bits per heavy atom. The molecule has 0 aliphatic carbocycles. The Kier molecular flexibility index (Phi) is 38.0. The smallest absolute Gasteiger partial charge is 0.306 e. The lowest BCUT2D eigenvalue weighted by Crippen LogP contribution is -2.30. The van der Waals surface area contributed by atoms with Crippen molar-refractivity contribution >= 4 is 17.9 Å². The van der Waals surface area contributed by atoms with Gasteiger partial charge < -0.3 is 14.2 Å². The van der Waals surface area contributed by atoms with Crippen LogP contribution < -0.4 is 0 Å². The Labute approximate surface area is 309 Å². The summed E-state index contributed by atoms with van der Waals surface area (Å²) in [5.41, 5.74) is 0. The second kappa shape index (κ2) is 39.7. The van der Waals surface area contributed by atoms with E-state index in [0.29, 0.717) is 19.3 Å². The second-order valence-electron chi connectivity index (χ2n) is 14.3. The molecule has 0 radical (unpaired) electrons. The van der Waals surface area contributed by atoms with E-state index in [9.17, 15) is 14.4 Å². The average molecular weight is 705 g/mol. The fourth-order valence-electron chi connectivity index (χ4n) is 5.95. The molecule has 50 heavy (non-hydrogen) atoms. The van der Waals surface area contributed by atoms with Gasteiger partial charge in [0.2, 0.25) is 0 Å². The van der Waals surface area contributed by atoms with Gasteiger partial charge in [-0.05, 0) is 44.9 Å². The van der Waals surface area contributed by atoms with Gasteiger partial charge in [-0.2, -0.15) is 0 Å². The van der Waals surface area contributed by atoms with Crippen LogP contribution in [0.5, 0.6) is 0 Å². The van der Waals surface area contributed by atoms with Gasteiger partial charge in [-0.25, -0.2) is 0 Å². The van der Waals surface area contributed by atoms with E-state index in [2.05, 4.69) is 45.1 Å². The van der Waals surface area contributed by atoms with Crippen LogP contribution in [-0.4, -0.2) is 37.2 Å². The maximum Gasteiger partial charge on any atom is 0.306 e.